The van der Waals surface area contributed by atoms with Gasteiger partial charge in [0.1, 0.15) is 0 Å². The maximum absolute atomic E-state index is 10.7. The molecule has 0 aliphatic carbocycles. The van der Waals surface area contributed by atoms with Crippen molar-refractivity contribution < 1.29 is 14.3 Å². The van der Waals surface area contributed by atoms with E-state index < -0.39 is 5.91 Å². The molecule has 1 aromatic rings. The summed E-state index contributed by atoms with van der Waals surface area (Å²) in [5.74, 6) is -0.719. The van der Waals surface area contributed by atoms with E-state index in [2.05, 4.69) is 26.7 Å². The molecule has 0 aliphatic rings. The molecule has 0 spiro atoms. The first-order valence-electron chi connectivity index (χ1n) is 7.71. The summed E-state index contributed by atoms with van der Waals surface area (Å²) >= 11 is 0. The van der Waals surface area contributed by atoms with Crippen LogP contribution < -0.4 is 5.73 Å². The monoisotopic (exact) mass is 331 g/mol. The van der Waals surface area contributed by atoms with Crippen LogP contribution in [-0.4, -0.2) is 18.5 Å². The van der Waals surface area contributed by atoms with Crippen LogP contribution in [0, 0.1) is 0 Å². The van der Waals surface area contributed by atoms with E-state index in [0.717, 1.165) is 12.8 Å². The Hall–Kier alpha value is -2.62. The van der Waals surface area contributed by atoms with Gasteiger partial charge in [-0.2, -0.15) is 0 Å². The number of unbranched alkanes of at least 4 members (excludes halogenated alkanes) is 1. The first-order valence-corrected chi connectivity index (χ1v) is 7.71. The van der Waals surface area contributed by atoms with Crippen LogP contribution in [0.3, 0.4) is 0 Å². The zero-order valence-electron chi connectivity index (χ0n) is 15.0. The molecule has 24 heavy (non-hydrogen) atoms. The average molecular weight is 331 g/mol. The predicted molar refractivity (Wildman–Crippen MR) is 101 cm³/mol. The van der Waals surface area contributed by atoms with Crippen LogP contribution in [0.15, 0.2) is 61.2 Å². The Labute approximate surface area is 145 Å². The molecule has 0 radical (unpaired) electrons. The Bertz CT molecular complexity index is 521. The molecule has 132 valence electrons. The minimum absolute atomic E-state index is 0.284. The van der Waals surface area contributed by atoms with E-state index in [1.807, 2.05) is 36.4 Å². The Morgan fingerprint density at radius 3 is 1.92 bits per heavy atom. The SMILES string of the molecule is C=C(C)C(=O)OCCCC.C=C(C)C(N)=O.C=Cc1ccccc1. The smallest absolute Gasteiger partial charge is 0.333 e. The van der Waals surface area contributed by atoms with Crippen molar-refractivity contribution in [1.29, 1.82) is 0 Å². The second-order valence-electron chi connectivity index (χ2n) is 5.03. The van der Waals surface area contributed by atoms with Crippen molar-refractivity contribution in [3.63, 3.8) is 0 Å². The second kappa shape index (κ2) is 15.3. The fourth-order valence-electron chi connectivity index (χ4n) is 1.02. The second-order valence-corrected chi connectivity index (χ2v) is 5.03. The topological polar surface area (TPSA) is 69.4 Å². The van der Waals surface area contributed by atoms with Crippen molar-refractivity contribution in [3.05, 3.63) is 66.8 Å². The highest BCUT2D eigenvalue weighted by Gasteiger charge is 2.00. The standard InChI is InChI=1S/C8H14O2.C8H8.C4H7NO/c1-4-5-6-10-8(9)7(2)3;1-2-8-6-4-3-5-7-8;1-3(2)4(5)6/h2,4-6H2,1,3H3;2-7H,1H2;1H2,2H3,(H2,5,6). The van der Waals surface area contributed by atoms with Gasteiger partial charge in [-0.15, -0.1) is 0 Å². The van der Waals surface area contributed by atoms with Gasteiger partial charge in [-0.1, -0.05) is 69.5 Å². The first kappa shape index (κ1) is 23.6. The van der Waals surface area contributed by atoms with Crippen LogP contribution in [0.2, 0.25) is 0 Å². The number of amides is 1. The van der Waals surface area contributed by atoms with E-state index in [4.69, 9.17) is 10.5 Å². The summed E-state index contributed by atoms with van der Waals surface area (Å²) in [5.41, 5.74) is 6.74. The van der Waals surface area contributed by atoms with E-state index in [-0.39, 0.29) is 5.97 Å². The Morgan fingerprint density at radius 1 is 1.12 bits per heavy atom. The molecule has 0 unspecified atom stereocenters. The van der Waals surface area contributed by atoms with Crippen molar-refractivity contribution in [2.24, 2.45) is 5.73 Å². The molecule has 0 aliphatic heterocycles. The van der Waals surface area contributed by atoms with Gasteiger partial charge in [0.05, 0.1) is 6.61 Å². The molecule has 0 bridgehead atoms. The molecule has 0 heterocycles. The van der Waals surface area contributed by atoms with Crippen molar-refractivity contribution in [2.45, 2.75) is 33.6 Å². The number of hydrogen-bond donors (Lipinski definition) is 1. The summed E-state index contributed by atoms with van der Waals surface area (Å²) in [6.07, 6.45) is 3.81. The van der Waals surface area contributed by atoms with Gasteiger partial charge in [-0.3, -0.25) is 4.79 Å². The molecule has 0 saturated carbocycles. The molecule has 4 heteroatoms. The number of esters is 1. The quantitative estimate of drug-likeness (QED) is 0.480. The third-order valence-corrected chi connectivity index (χ3v) is 2.54. The number of primary amides is 1. The van der Waals surface area contributed by atoms with Crippen molar-refractivity contribution in [1.82, 2.24) is 0 Å². The number of nitrogens with two attached hydrogens (primary N) is 1. The Kier molecular flexibility index (Phi) is 15.1. The van der Waals surface area contributed by atoms with Crippen LogP contribution >= 0.6 is 0 Å². The average Bonchev–Trinajstić information content (AvgIpc) is 2.56. The lowest BCUT2D eigenvalue weighted by atomic mass is 10.2. The number of rotatable bonds is 6. The molecule has 1 amide bonds. The fourth-order valence-corrected chi connectivity index (χ4v) is 1.02. The van der Waals surface area contributed by atoms with Gasteiger partial charge in [0.15, 0.2) is 0 Å². The van der Waals surface area contributed by atoms with E-state index in [0.29, 0.717) is 17.8 Å². The van der Waals surface area contributed by atoms with Crippen LogP contribution in [0.1, 0.15) is 39.2 Å². The highest BCUT2D eigenvalue weighted by atomic mass is 16.5. The molecule has 1 aromatic carbocycles. The van der Waals surface area contributed by atoms with Gasteiger partial charge >= 0.3 is 5.97 Å². The van der Waals surface area contributed by atoms with Crippen molar-refractivity contribution in [3.8, 4) is 0 Å². The summed E-state index contributed by atoms with van der Waals surface area (Å²) in [5, 5.41) is 0. The highest BCUT2D eigenvalue weighted by molar-refractivity contribution is 5.90. The van der Waals surface area contributed by atoms with Crippen molar-refractivity contribution in [2.75, 3.05) is 6.61 Å². The van der Waals surface area contributed by atoms with Gasteiger partial charge in [0.25, 0.3) is 0 Å². The van der Waals surface area contributed by atoms with Crippen LogP contribution in [0.25, 0.3) is 6.08 Å². The molecule has 2 N–H and O–H groups in total. The van der Waals surface area contributed by atoms with Gasteiger partial charge in [0, 0.05) is 11.1 Å². The minimum Gasteiger partial charge on any atom is -0.462 e. The molecule has 0 atom stereocenters. The maximum Gasteiger partial charge on any atom is 0.333 e. The summed E-state index contributed by atoms with van der Waals surface area (Å²) in [7, 11) is 0. The predicted octanol–water partition coefficient (Wildman–Crippen LogP) is 4.28. The molecule has 1 rings (SSSR count). The van der Waals surface area contributed by atoms with Crippen LogP contribution in [-0.2, 0) is 14.3 Å². The maximum atomic E-state index is 10.7. The lowest BCUT2D eigenvalue weighted by molar-refractivity contribution is -0.139. The van der Waals surface area contributed by atoms with Gasteiger partial charge in [-0.05, 0) is 25.8 Å². The summed E-state index contributed by atoms with van der Waals surface area (Å²) in [6.45, 7) is 16.2. The molecule has 0 saturated heterocycles. The van der Waals surface area contributed by atoms with Crippen molar-refractivity contribution >= 4 is 18.0 Å². The molecular weight excluding hydrogens is 302 g/mol. The molecular formula is C20H29NO3. The molecule has 0 fully saturated rings. The Balaban J connectivity index is 0. The molecule has 0 aromatic heterocycles. The van der Waals surface area contributed by atoms with Gasteiger partial charge < -0.3 is 10.5 Å². The number of ether oxygens (including phenoxy) is 1. The van der Waals surface area contributed by atoms with Crippen LogP contribution in [0.4, 0.5) is 0 Å². The van der Waals surface area contributed by atoms with E-state index in [9.17, 15) is 9.59 Å². The highest BCUT2D eigenvalue weighted by Crippen LogP contribution is 1.97. The van der Waals surface area contributed by atoms with Crippen LogP contribution in [0.5, 0.6) is 0 Å². The minimum atomic E-state index is -0.435. The van der Waals surface area contributed by atoms with Gasteiger partial charge in [-0.25, -0.2) is 4.79 Å². The first-order chi connectivity index (χ1) is 11.3. The summed E-state index contributed by atoms with van der Waals surface area (Å²) < 4.78 is 4.81. The number of hydrogen-bond acceptors (Lipinski definition) is 3. The molecule has 4 nitrogen and oxygen atoms in total. The van der Waals surface area contributed by atoms with E-state index >= 15 is 0 Å². The zero-order valence-corrected chi connectivity index (χ0v) is 15.0. The number of benzene rings is 1. The van der Waals surface area contributed by atoms with E-state index in [1.165, 1.54) is 5.56 Å². The third-order valence-electron chi connectivity index (χ3n) is 2.54. The lowest BCUT2D eigenvalue weighted by Crippen LogP contribution is -2.10. The van der Waals surface area contributed by atoms with E-state index in [1.54, 1.807) is 13.8 Å². The summed E-state index contributed by atoms with van der Waals surface area (Å²) in [4.78, 5) is 20.5. The fraction of sp³-hybridized carbons (Fsp3) is 0.300. The lowest BCUT2D eigenvalue weighted by Gasteiger charge is -2.01. The van der Waals surface area contributed by atoms with Gasteiger partial charge in [0.2, 0.25) is 5.91 Å². The number of carbonyl (C=O) groups is 2. The summed E-state index contributed by atoms with van der Waals surface area (Å²) in [6, 6.07) is 10.0. The largest absolute Gasteiger partial charge is 0.462 e. The normalized spacial score (nSPS) is 8.46. The Morgan fingerprint density at radius 2 is 1.62 bits per heavy atom. The third kappa shape index (κ3) is 15.8. The zero-order chi connectivity index (χ0) is 19.0. The number of carbonyl (C=O) groups excluding carboxylic acids is 2.